The standard InChI is InChI=1S/C21H26N6O2S.HI/c1-2-23-21(25-16-18-5-3-6-20(15-18)30(22,28)29)24-13-11-17-7-9-19(10-8-17)27-14-4-12-26-27;/h3-10,12,14-15H,2,11,13,16H2,1H3,(H2,22,28,29)(H2,23,24,25);1H. The van der Waals surface area contributed by atoms with Gasteiger partial charge in [-0.15, -0.1) is 24.0 Å². The summed E-state index contributed by atoms with van der Waals surface area (Å²) in [6.45, 7) is 3.77. The van der Waals surface area contributed by atoms with Gasteiger partial charge in [0.15, 0.2) is 5.96 Å². The molecule has 3 rings (SSSR count). The summed E-state index contributed by atoms with van der Waals surface area (Å²) < 4.78 is 24.8. The number of rotatable bonds is 8. The molecule has 1 aromatic heterocycles. The summed E-state index contributed by atoms with van der Waals surface area (Å²) >= 11 is 0. The van der Waals surface area contributed by atoms with Crippen LogP contribution in [0.15, 0.2) is 76.9 Å². The van der Waals surface area contributed by atoms with Crippen molar-refractivity contribution < 1.29 is 8.42 Å². The van der Waals surface area contributed by atoms with Gasteiger partial charge in [0.2, 0.25) is 10.0 Å². The zero-order valence-corrected chi connectivity index (χ0v) is 20.4. The highest BCUT2D eigenvalue weighted by Gasteiger charge is 2.08. The molecule has 4 N–H and O–H groups in total. The minimum Gasteiger partial charge on any atom is -0.357 e. The van der Waals surface area contributed by atoms with Crippen LogP contribution in [0, 0.1) is 0 Å². The van der Waals surface area contributed by atoms with Crippen LogP contribution in [0.1, 0.15) is 18.1 Å². The summed E-state index contributed by atoms with van der Waals surface area (Å²) in [5.41, 5.74) is 3.00. The van der Waals surface area contributed by atoms with Gasteiger partial charge in [-0.05, 0) is 54.8 Å². The molecule has 0 aliphatic heterocycles. The Morgan fingerprint density at radius 1 is 1.10 bits per heavy atom. The predicted molar refractivity (Wildman–Crippen MR) is 133 cm³/mol. The maximum Gasteiger partial charge on any atom is 0.238 e. The Kier molecular flexibility index (Phi) is 9.46. The van der Waals surface area contributed by atoms with Crippen molar-refractivity contribution >= 4 is 40.0 Å². The molecule has 0 aliphatic carbocycles. The van der Waals surface area contributed by atoms with Crippen LogP contribution in [0.5, 0.6) is 0 Å². The van der Waals surface area contributed by atoms with E-state index in [0.29, 0.717) is 19.0 Å². The average molecular weight is 554 g/mol. The lowest BCUT2D eigenvalue weighted by Crippen LogP contribution is -2.38. The van der Waals surface area contributed by atoms with Gasteiger partial charge >= 0.3 is 0 Å². The SMILES string of the molecule is CCNC(=NCc1cccc(S(N)(=O)=O)c1)NCCc1ccc(-n2cccn2)cc1.I. The second-order valence-electron chi connectivity index (χ2n) is 6.68. The van der Waals surface area contributed by atoms with Gasteiger partial charge in [-0.1, -0.05) is 24.3 Å². The highest BCUT2D eigenvalue weighted by atomic mass is 127. The molecule has 0 saturated heterocycles. The Balaban J connectivity index is 0.00000341. The quantitative estimate of drug-likeness (QED) is 0.225. The third-order valence-corrected chi connectivity index (χ3v) is 5.31. The van der Waals surface area contributed by atoms with Crippen LogP contribution in [0.3, 0.4) is 0 Å². The van der Waals surface area contributed by atoms with Gasteiger partial charge in [0, 0.05) is 25.5 Å². The van der Waals surface area contributed by atoms with Gasteiger partial charge in [-0.25, -0.2) is 23.2 Å². The van der Waals surface area contributed by atoms with E-state index in [2.05, 4.69) is 32.9 Å². The molecule has 31 heavy (non-hydrogen) atoms. The van der Waals surface area contributed by atoms with E-state index in [1.165, 1.54) is 11.6 Å². The van der Waals surface area contributed by atoms with Crippen molar-refractivity contribution in [2.45, 2.75) is 24.8 Å². The van der Waals surface area contributed by atoms with Crippen molar-refractivity contribution in [1.82, 2.24) is 20.4 Å². The van der Waals surface area contributed by atoms with Gasteiger partial charge in [0.05, 0.1) is 17.1 Å². The van der Waals surface area contributed by atoms with Crippen LogP contribution in [-0.2, 0) is 23.0 Å². The van der Waals surface area contributed by atoms with E-state index < -0.39 is 10.0 Å². The van der Waals surface area contributed by atoms with E-state index in [4.69, 9.17) is 5.14 Å². The number of guanidine groups is 1. The van der Waals surface area contributed by atoms with Gasteiger partial charge in [0.25, 0.3) is 0 Å². The number of hydrogen-bond acceptors (Lipinski definition) is 4. The molecule has 0 aliphatic rings. The Morgan fingerprint density at radius 2 is 1.87 bits per heavy atom. The van der Waals surface area contributed by atoms with Crippen LogP contribution in [0.4, 0.5) is 0 Å². The Hall–Kier alpha value is -2.44. The van der Waals surface area contributed by atoms with E-state index in [9.17, 15) is 8.42 Å². The molecule has 1 heterocycles. The first kappa shape index (κ1) is 24.8. The van der Waals surface area contributed by atoms with E-state index in [0.717, 1.165) is 24.2 Å². The number of nitrogens with zero attached hydrogens (tertiary/aromatic N) is 3. The zero-order valence-electron chi connectivity index (χ0n) is 17.2. The smallest absolute Gasteiger partial charge is 0.238 e. The van der Waals surface area contributed by atoms with Crippen molar-refractivity contribution in [3.63, 3.8) is 0 Å². The average Bonchev–Trinajstić information content (AvgIpc) is 3.27. The van der Waals surface area contributed by atoms with Crippen LogP contribution in [0.25, 0.3) is 5.69 Å². The molecule has 0 bridgehead atoms. The van der Waals surface area contributed by atoms with Gasteiger partial charge < -0.3 is 10.6 Å². The lowest BCUT2D eigenvalue weighted by molar-refractivity contribution is 0.597. The highest BCUT2D eigenvalue weighted by molar-refractivity contribution is 14.0. The molecule has 0 fully saturated rings. The fourth-order valence-corrected chi connectivity index (χ4v) is 3.48. The van der Waals surface area contributed by atoms with Crippen molar-refractivity contribution in [1.29, 1.82) is 0 Å². The number of sulfonamides is 1. The number of nitrogens with one attached hydrogen (secondary N) is 2. The summed E-state index contributed by atoms with van der Waals surface area (Å²) in [6, 6.07) is 16.7. The molecular formula is C21H27IN6O2S. The Bertz CT molecular complexity index is 1080. The van der Waals surface area contributed by atoms with Gasteiger partial charge in [-0.3, -0.25) is 0 Å². The van der Waals surface area contributed by atoms with Crippen molar-refractivity contribution in [3.8, 4) is 5.69 Å². The molecule has 0 unspecified atom stereocenters. The molecule has 166 valence electrons. The second kappa shape index (κ2) is 11.8. The van der Waals surface area contributed by atoms with Crippen LogP contribution < -0.4 is 15.8 Å². The van der Waals surface area contributed by atoms with E-state index in [1.54, 1.807) is 18.3 Å². The number of hydrogen-bond donors (Lipinski definition) is 3. The number of primary sulfonamides is 1. The summed E-state index contributed by atoms with van der Waals surface area (Å²) in [5.74, 6) is 0.673. The van der Waals surface area contributed by atoms with Crippen molar-refractivity contribution in [3.05, 3.63) is 78.1 Å². The molecule has 0 spiro atoms. The first-order chi connectivity index (χ1) is 14.5. The number of aliphatic imine (C=N–C) groups is 1. The third kappa shape index (κ3) is 7.64. The van der Waals surface area contributed by atoms with Crippen molar-refractivity contribution in [2.24, 2.45) is 10.1 Å². The summed E-state index contributed by atoms with van der Waals surface area (Å²) in [5, 5.41) is 15.9. The second-order valence-corrected chi connectivity index (χ2v) is 8.24. The predicted octanol–water partition coefficient (Wildman–Crippen LogP) is 2.44. The maximum atomic E-state index is 11.5. The first-order valence-corrected chi connectivity index (χ1v) is 11.2. The lowest BCUT2D eigenvalue weighted by atomic mass is 10.1. The molecule has 0 atom stereocenters. The van der Waals surface area contributed by atoms with Crippen molar-refractivity contribution in [2.75, 3.05) is 13.1 Å². The van der Waals surface area contributed by atoms with E-state index >= 15 is 0 Å². The topological polar surface area (TPSA) is 114 Å². The van der Waals surface area contributed by atoms with E-state index in [-0.39, 0.29) is 28.9 Å². The zero-order chi connectivity index (χ0) is 21.4. The normalized spacial score (nSPS) is 11.6. The van der Waals surface area contributed by atoms with E-state index in [1.807, 2.05) is 42.1 Å². The summed E-state index contributed by atoms with van der Waals surface area (Å²) in [4.78, 5) is 4.62. The fraction of sp³-hybridized carbons (Fsp3) is 0.238. The molecule has 0 saturated carbocycles. The number of aromatic nitrogens is 2. The first-order valence-electron chi connectivity index (χ1n) is 9.68. The fourth-order valence-electron chi connectivity index (χ4n) is 2.90. The summed E-state index contributed by atoms with van der Waals surface area (Å²) in [7, 11) is -3.72. The minimum absolute atomic E-state index is 0. The van der Waals surface area contributed by atoms with Crippen LogP contribution in [-0.4, -0.2) is 37.2 Å². The number of benzene rings is 2. The molecule has 10 heteroatoms. The lowest BCUT2D eigenvalue weighted by Gasteiger charge is -2.12. The summed E-state index contributed by atoms with van der Waals surface area (Å²) in [6.07, 6.45) is 4.50. The number of halogens is 1. The highest BCUT2D eigenvalue weighted by Crippen LogP contribution is 2.11. The molecular weight excluding hydrogens is 527 g/mol. The largest absolute Gasteiger partial charge is 0.357 e. The molecule has 0 amide bonds. The Morgan fingerprint density at radius 3 is 2.52 bits per heavy atom. The van der Waals surface area contributed by atoms with Gasteiger partial charge in [0.1, 0.15) is 0 Å². The third-order valence-electron chi connectivity index (χ3n) is 4.40. The van der Waals surface area contributed by atoms with Crippen LogP contribution in [0.2, 0.25) is 0 Å². The minimum atomic E-state index is -3.72. The maximum absolute atomic E-state index is 11.5. The molecule has 8 nitrogen and oxygen atoms in total. The molecule has 3 aromatic rings. The number of nitrogens with two attached hydrogens (primary N) is 1. The van der Waals surface area contributed by atoms with Crippen LogP contribution >= 0.6 is 24.0 Å². The Labute approximate surface area is 200 Å². The molecule has 2 aromatic carbocycles. The molecule has 0 radical (unpaired) electrons. The van der Waals surface area contributed by atoms with Gasteiger partial charge in [-0.2, -0.15) is 5.10 Å². The monoisotopic (exact) mass is 554 g/mol.